The van der Waals surface area contributed by atoms with Gasteiger partial charge in [0.1, 0.15) is 11.2 Å². The Balaban J connectivity index is 1.61. The number of benzene rings is 1. The number of hydrogen-bond acceptors (Lipinski definition) is 6. The van der Waals surface area contributed by atoms with Crippen molar-refractivity contribution in [1.29, 1.82) is 5.26 Å². The maximum absolute atomic E-state index is 13.6. The molecule has 2 aliphatic rings. The Morgan fingerprint density at radius 3 is 2.11 bits per heavy atom. The fourth-order valence-electron chi connectivity index (χ4n) is 5.52. The first-order chi connectivity index (χ1) is 17.3. The number of nitrogens with zero attached hydrogens (tertiary/aromatic N) is 3. The lowest BCUT2D eigenvalue weighted by molar-refractivity contribution is -0.186. The largest absolute Gasteiger partial charge is 0.494 e. The first-order valence-electron chi connectivity index (χ1n) is 12.7. The van der Waals surface area contributed by atoms with E-state index in [-0.39, 0.29) is 22.5 Å². The van der Waals surface area contributed by atoms with Gasteiger partial charge in [-0.2, -0.15) is 18.4 Å². The monoisotopic (exact) mass is 551 g/mol. The zero-order valence-electron chi connectivity index (χ0n) is 23.0. The molecule has 11 heteroatoms. The molecule has 0 amide bonds. The average molecular weight is 552 g/mol. The zero-order valence-corrected chi connectivity index (χ0v) is 24.0. The van der Waals surface area contributed by atoms with Crippen molar-refractivity contribution >= 4 is 8.32 Å². The van der Waals surface area contributed by atoms with Crippen LogP contribution in [0.4, 0.5) is 13.2 Å². The molecule has 7 nitrogen and oxygen atoms in total. The van der Waals surface area contributed by atoms with Gasteiger partial charge >= 0.3 is 6.18 Å². The Bertz CT molecular complexity index is 1250. The number of ether oxygens (including phenoxy) is 1. The molecular formula is C27H36F3N3O4Si. The van der Waals surface area contributed by atoms with Crippen LogP contribution in [-0.4, -0.2) is 54.2 Å². The third-order valence-electron chi connectivity index (χ3n) is 8.25. The van der Waals surface area contributed by atoms with E-state index in [4.69, 9.17) is 14.4 Å². The zero-order chi connectivity index (χ0) is 28.5. The Morgan fingerprint density at radius 2 is 1.63 bits per heavy atom. The fraction of sp³-hybridized carbons (Fsp3) is 0.593. The summed E-state index contributed by atoms with van der Waals surface area (Å²) in [6.45, 7) is 16.9. The molecule has 2 aliphatic heterocycles. The summed E-state index contributed by atoms with van der Waals surface area (Å²) in [7, 11) is -1.85. The molecule has 1 saturated heterocycles. The van der Waals surface area contributed by atoms with E-state index in [1.807, 2.05) is 13.8 Å². The van der Waals surface area contributed by atoms with Crippen molar-refractivity contribution in [2.24, 2.45) is 0 Å². The summed E-state index contributed by atoms with van der Waals surface area (Å²) in [6.07, 6.45) is -3.96. The number of halogens is 3. The number of hydrogen-bond donors (Lipinski definition) is 2. The Labute approximate surface area is 222 Å². The van der Waals surface area contributed by atoms with Gasteiger partial charge in [-0.3, -0.25) is 9.47 Å². The van der Waals surface area contributed by atoms with E-state index in [1.54, 1.807) is 6.07 Å². The maximum atomic E-state index is 13.6. The number of aromatic nitrogens is 1. The van der Waals surface area contributed by atoms with Gasteiger partial charge in [0.05, 0.1) is 34.0 Å². The Hall–Kier alpha value is -2.52. The van der Waals surface area contributed by atoms with Crippen LogP contribution < -0.4 is 0 Å². The van der Waals surface area contributed by atoms with E-state index in [2.05, 4.69) is 38.8 Å². The molecule has 2 aromatic rings. The van der Waals surface area contributed by atoms with Gasteiger partial charge in [0.25, 0.3) is 0 Å². The quantitative estimate of drug-likeness (QED) is 0.340. The van der Waals surface area contributed by atoms with Crippen molar-refractivity contribution in [3.8, 4) is 23.5 Å². The highest BCUT2D eigenvalue weighted by Crippen LogP contribution is 2.59. The van der Waals surface area contributed by atoms with Crippen LogP contribution >= 0.6 is 0 Å². The normalized spacial score (nSPS) is 23.9. The van der Waals surface area contributed by atoms with Gasteiger partial charge in [0, 0.05) is 26.2 Å². The first-order valence-corrected chi connectivity index (χ1v) is 15.6. The van der Waals surface area contributed by atoms with Crippen molar-refractivity contribution in [3.05, 3.63) is 40.5 Å². The molecule has 0 spiro atoms. The van der Waals surface area contributed by atoms with Crippen LogP contribution in [0.2, 0.25) is 18.1 Å². The number of fused-ring (bicyclic) bond motifs is 5. The molecule has 2 N–H and O–H groups in total. The minimum absolute atomic E-state index is 0.0920. The smallest absolute Gasteiger partial charge is 0.417 e. The highest BCUT2D eigenvalue weighted by atomic mass is 28.4. The molecule has 0 radical (unpaired) electrons. The number of aromatic hydroxyl groups is 2. The number of nitriles is 1. The van der Waals surface area contributed by atoms with Crippen molar-refractivity contribution in [2.45, 2.75) is 76.6 Å². The predicted molar refractivity (Wildman–Crippen MR) is 139 cm³/mol. The van der Waals surface area contributed by atoms with Crippen LogP contribution in [0.3, 0.4) is 0 Å². The second kappa shape index (κ2) is 9.01. The lowest BCUT2D eigenvalue weighted by Gasteiger charge is -2.44. The summed E-state index contributed by atoms with van der Waals surface area (Å²) in [5.41, 5.74) is -2.97. The predicted octanol–water partition coefficient (Wildman–Crippen LogP) is 5.97. The van der Waals surface area contributed by atoms with Gasteiger partial charge in [0.15, 0.2) is 8.32 Å². The number of rotatable bonds is 6. The lowest BCUT2D eigenvalue weighted by atomic mass is 9.94. The summed E-state index contributed by atoms with van der Waals surface area (Å²) < 4.78 is 54.4. The lowest BCUT2D eigenvalue weighted by Crippen LogP contribution is -2.52. The molecule has 1 fully saturated rings. The van der Waals surface area contributed by atoms with Gasteiger partial charge in [-0.15, -0.1) is 0 Å². The van der Waals surface area contributed by atoms with Crippen molar-refractivity contribution < 1.29 is 32.5 Å². The summed E-state index contributed by atoms with van der Waals surface area (Å²) in [6, 6.07) is 4.63. The van der Waals surface area contributed by atoms with E-state index in [1.165, 1.54) is 6.07 Å². The van der Waals surface area contributed by atoms with E-state index in [0.717, 1.165) is 29.7 Å². The minimum Gasteiger partial charge on any atom is -0.494 e. The number of alkyl halides is 3. The van der Waals surface area contributed by atoms with Gasteiger partial charge in [-0.1, -0.05) is 20.8 Å². The Kier molecular flexibility index (Phi) is 6.76. The topological polar surface area (TPSA) is 90.9 Å². The molecule has 4 rings (SSSR count). The first kappa shape index (κ1) is 28.5. The van der Waals surface area contributed by atoms with E-state index in [0.29, 0.717) is 30.8 Å². The van der Waals surface area contributed by atoms with Crippen LogP contribution in [0.25, 0.3) is 5.69 Å². The van der Waals surface area contributed by atoms with Gasteiger partial charge in [0.2, 0.25) is 11.8 Å². The van der Waals surface area contributed by atoms with Crippen molar-refractivity contribution in [3.63, 3.8) is 0 Å². The summed E-state index contributed by atoms with van der Waals surface area (Å²) in [4.78, 5) is 2.21. The standard InChI is InChI=1S/C27H36F3N3O4Si/c1-24(2,3)38(6,7)36-12-8-11-32-15-25(4)20-21(26(5,16-32)37-25)23(35)33(22(20)34)18-10-9-17(14-31)19(13-18)27(28,29)30/h9-10,13,34-35H,8,11-12,15-16H2,1-7H3. The molecular weight excluding hydrogens is 515 g/mol. The van der Waals surface area contributed by atoms with Crippen LogP contribution in [0, 0.1) is 11.3 Å². The molecule has 0 aliphatic carbocycles. The van der Waals surface area contributed by atoms with Crippen molar-refractivity contribution in [1.82, 2.24) is 9.47 Å². The minimum atomic E-state index is -4.77. The molecule has 38 heavy (non-hydrogen) atoms. The van der Waals surface area contributed by atoms with Crippen LogP contribution in [0.5, 0.6) is 11.8 Å². The molecule has 1 aromatic carbocycles. The Morgan fingerprint density at radius 1 is 1.08 bits per heavy atom. The highest BCUT2D eigenvalue weighted by Gasteiger charge is 2.58. The average Bonchev–Trinajstić information content (AvgIpc) is 3.15. The highest BCUT2D eigenvalue weighted by molar-refractivity contribution is 6.74. The molecule has 2 bridgehead atoms. The fourth-order valence-corrected chi connectivity index (χ4v) is 6.61. The maximum Gasteiger partial charge on any atom is 0.417 e. The van der Waals surface area contributed by atoms with Crippen molar-refractivity contribution in [2.75, 3.05) is 26.2 Å². The molecule has 2 unspecified atom stereocenters. The summed E-state index contributed by atoms with van der Waals surface area (Å²) >= 11 is 0. The van der Waals surface area contributed by atoms with E-state index >= 15 is 0 Å². The van der Waals surface area contributed by atoms with Crippen LogP contribution in [-0.2, 0) is 26.5 Å². The van der Waals surface area contributed by atoms with Gasteiger partial charge < -0.3 is 19.4 Å². The second-order valence-electron chi connectivity index (χ2n) is 12.3. The summed E-state index contributed by atoms with van der Waals surface area (Å²) in [5.74, 6) is -0.741. The van der Waals surface area contributed by atoms with Gasteiger partial charge in [-0.05, 0) is 56.6 Å². The molecule has 208 valence electrons. The SMILES string of the molecule is CC12CN(CCCO[Si](C)(C)C(C)(C)C)CC(C)(O1)c1c2c(O)n(-c2ccc(C#N)c(C(F)(F)F)c2)c1O. The van der Waals surface area contributed by atoms with Crippen LogP contribution in [0.15, 0.2) is 18.2 Å². The second-order valence-corrected chi connectivity index (χ2v) is 17.1. The van der Waals surface area contributed by atoms with Gasteiger partial charge in [-0.25, -0.2) is 0 Å². The van der Waals surface area contributed by atoms with E-state index in [9.17, 15) is 23.4 Å². The van der Waals surface area contributed by atoms with Crippen LogP contribution in [0.1, 0.15) is 63.3 Å². The third kappa shape index (κ3) is 4.61. The number of morpholine rings is 1. The molecule has 3 heterocycles. The molecule has 0 saturated carbocycles. The van der Waals surface area contributed by atoms with E-state index < -0.39 is 36.8 Å². The third-order valence-corrected chi connectivity index (χ3v) is 12.8. The molecule has 1 aromatic heterocycles. The summed E-state index contributed by atoms with van der Waals surface area (Å²) in [5, 5.41) is 31.7. The molecule has 2 atom stereocenters.